The number of anilines is 1. The number of likely N-dealkylation sites (N-methyl/N-ethyl adjacent to an activating group) is 1. The fraction of sp³-hybridized carbons (Fsp3) is 0.250. The fourth-order valence-corrected chi connectivity index (χ4v) is 2.93. The van der Waals surface area contributed by atoms with Gasteiger partial charge in [0, 0.05) is 26.0 Å². The van der Waals surface area contributed by atoms with Crippen molar-refractivity contribution in [3.63, 3.8) is 0 Å². The third-order valence-electron chi connectivity index (χ3n) is 4.24. The van der Waals surface area contributed by atoms with E-state index in [-0.39, 0.29) is 18.0 Å². The van der Waals surface area contributed by atoms with Gasteiger partial charge in [0.2, 0.25) is 0 Å². The molecule has 3 amide bonds. The molecule has 4 heterocycles. The number of rotatable bonds is 3. The summed E-state index contributed by atoms with van der Waals surface area (Å²) in [5.74, 6) is 0.158. The zero-order chi connectivity index (χ0) is 16.7. The Kier molecular flexibility index (Phi) is 3.30. The number of hydrogen-bond donors (Lipinski definition) is 1. The van der Waals surface area contributed by atoms with E-state index in [1.54, 1.807) is 58.2 Å². The lowest BCUT2D eigenvalue weighted by atomic mass is 10.2. The third kappa shape index (κ3) is 2.41. The first kappa shape index (κ1) is 14.4. The van der Waals surface area contributed by atoms with Crippen LogP contribution in [0, 0.1) is 0 Å². The van der Waals surface area contributed by atoms with Crippen LogP contribution in [0.1, 0.15) is 10.5 Å². The predicted molar refractivity (Wildman–Crippen MR) is 87.2 cm³/mol. The van der Waals surface area contributed by atoms with Crippen LogP contribution in [0.15, 0.2) is 42.7 Å². The van der Waals surface area contributed by atoms with Gasteiger partial charge < -0.3 is 15.1 Å². The van der Waals surface area contributed by atoms with Gasteiger partial charge in [0.05, 0.1) is 18.3 Å². The number of amides is 3. The summed E-state index contributed by atoms with van der Waals surface area (Å²) in [4.78, 5) is 31.8. The first-order valence-corrected chi connectivity index (χ1v) is 7.63. The van der Waals surface area contributed by atoms with Crippen molar-refractivity contribution in [2.75, 3.05) is 25.5 Å². The summed E-state index contributed by atoms with van der Waals surface area (Å²) < 4.78 is 1.65. The van der Waals surface area contributed by atoms with Gasteiger partial charge in [-0.05, 0) is 24.3 Å². The van der Waals surface area contributed by atoms with Crippen LogP contribution in [-0.4, -0.2) is 62.7 Å². The molecule has 2 aromatic heterocycles. The molecular formula is C16H16N6O2. The lowest BCUT2D eigenvalue weighted by molar-refractivity contribution is 0.102. The maximum absolute atomic E-state index is 12.2. The van der Waals surface area contributed by atoms with E-state index >= 15 is 0 Å². The van der Waals surface area contributed by atoms with Gasteiger partial charge in [-0.1, -0.05) is 6.07 Å². The average molecular weight is 324 g/mol. The third-order valence-corrected chi connectivity index (χ3v) is 4.24. The molecule has 1 N–H and O–H groups in total. The fourth-order valence-electron chi connectivity index (χ4n) is 2.93. The molecule has 24 heavy (non-hydrogen) atoms. The number of nitrogens with zero attached hydrogens (tertiary/aromatic N) is 5. The van der Waals surface area contributed by atoms with Crippen LogP contribution in [0.2, 0.25) is 0 Å². The summed E-state index contributed by atoms with van der Waals surface area (Å²) >= 11 is 0. The van der Waals surface area contributed by atoms with Gasteiger partial charge in [0.25, 0.3) is 5.91 Å². The number of urea groups is 1. The van der Waals surface area contributed by atoms with E-state index in [0.717, 1.165) is 5.70 Å². The SMILES string of the molecule is CN1C(=O)N2CC(n3ccc(C(=O)Nc4ccccn4)n3)=CC1C2. The minimum atomic E-state index is -0.319. The number of pyridine rings is 1. The molecular weight excluding hydrogens is 308 g/mol. The van der Waals surface area contributed by atoms with E-state index in [1.807, 2.05) is 6.08 Å². The molecule has 2 bridgehead atoms. The van der Waals surface area contributed by atoms with Crippen molar-refractivity contribution in [3.8, 4) is 0 Å². The number of aromatic nitrogens is 3. The number of fused-ring (bicyclic) bond motifs is 2. The maximum Gasteiger partial charge on any atom is 0.320 e. The van der Waals surface area contributed by atoms with Gasteiger partial charge in [-0.2, -0.15) is 5.10 Å². The van der Waals surface area contributed by atoms with E-state index in [4.69, 9.17) is 0 Å². The summed E-state index contributed by atoms with van der Waals surface area (Å²) in [7, 11) is 1.79. The smallest absolute Gasteiger partial charge is 0.319 e. The topological polar surface area (TPSA) is 83.4 Å². The number of carbonyl (C=O) groups excluding carboxylic acids is 2. The molecule has 8 nitrogen and oxygen atoms in total. The Morgan fingerprint density at radius 3 is 2.96 bits per heavy atom. The number of carbonyl (C=O) groups is 2. The van der Waals surface area contributed by atoms with Crippen molar-refractivity contribution >= 4 is 23.5 Å². The van der Waals surface area contributed by atoms with Crippen LogP contribution in [0.4, 0.5) is 10.6 Å². The highest BCUT2D eigenvalue weighted by Crippen LogP contribution is 2.24. The van der Waals surface area contributed by atoms with E-state index < -0.39 is 0 Å². The first-order chi connectivity index (χ1) is 11.6. The molecule has 2 aliphatic rings. The lowest BCUT2D eigenvalue weighted by Gasteiger charge is -2.21. The Bertz CT molecular complexity index is 828. The van der Waals surface area contributed by atoms with Crippen molar-refractivity contribution < 1.29 is 9.59 Å². The summed E-state index contributed by atoms with van der Waals surface area (Å²) in [6, 6.07) is 7.01. The van der Waals surface area contributed by atoms with Gasteiger partial charge in [-0.25, -0.2) is 14.5 Å². The van der Waals surface area contributed by atoms with Gasteiger partial charge in [-0.15, -0.1) is 0 Å². The maximum atomic E-state index is 12.2. The van der Waals surface area contributed by atoms with Crippen LogP contribution in [0.5, 0.6) is 0 Å². The van der Waals surface area contributed by atoms with Crippen LogP contribution in [0.25, 0.3) is 5.70 Å². The standard InChI is InChI=1S/C16H16N6O2/c1-20-11-8-12(10-21(9-11)16(20)24)22-7-5-13(19-22)15(23)18-14-4-2-3-6-17-14/h2-8,11H,9-10H2,1H3,(H,17,18,23). The molecule has 1 fully saturated rings. The van der Waals surface area contributed by atoms with Crippen LogP contribution in [-0.2, 0) is 0 Å². The number of nitrogens with one attached hydrogen (secondary N) is 1. The van der Waals surface area contributed by atoms with Crippen LogP contribution in [0.3, 0.4) is 0 Å². The van der Waals surface area contributed by atoms with Crippen LogP contribution >= 0.6 is 0 Å². The quantitative estimate of drug-likeness (QED) is 0.917. The zero-order valence-corrected chi connectivity index (χ0v) is 13.1. The highest BCUT2D eigenvalue weighted by molar-refractivity contribution is 6.02. The molecule has 0 saturated carbocycles. The Labute approximate surface area is 138 Å². The molecule has 2 aliphatic heterocycles. The van der Waals surface area contributed by atoms with Crippen molar-refractivity contribution in [2.24, 2.45) is 0 Å². The van der Waals surface area contributed by atoms with Gasteiger partial charge in [0.1, 0.15) is 5.82 Å². The van der Waals surface area contributed by atoms with Crippen molar-refractivity contribution in [3.05, 3.63) is 48.4 Å². The zero-order valence-electron chi connectivity index (χ0n) is 13.1. The van der Waals surface area contributed by atoms with E-state index in [2.05, 4.69) is 15.4 Å². The summed E-state index contributed by atoms with van der Waals surface area (Å²) in [6.07, 6.45) is 5.36. The van der Waals surface area contributed by atoms with Crippen molar-refractivity contribution in [1.29, 1.82) is 0 Å². The normalized spacial score (nSPS) is 19.5. The molecule has 2 aromatic rings. The minimum Gasteiger partial charge on any atom is -0.319 e. The first-order valence-electron chi connectivity index (χ1n) is 7.63. The van der Waals surface area contributed by atoms with Gasteiger partial charge in [0.15, 0.2) is 5.69 Å². The molecule has 8 heteroatoms. The lowest BCUT2D eigenvalue weighted by Crippen LogP contribution is -2.31. The van der Waals surface area contributed by atoms with E-state index in [0.29, 0.717) is 24.6 Å². The van der Waals surface area contributed by atoms with E-state index in [9.17, 15) is 9.59 Å². The molecule has 0 spiro atoms. The molecule has 0 radical (unpaired) electrons. The Hall–Kier alpha value is -3.16. The van der Waals surface area contributed by atoms with Crippen LogP contribution < -0.4 is 5.32 Å². The van der Waals surface area contributed by atoms with Gasteiger partial charge in [-0.3, -0.25) is 4.79 Å². The molecule has 1 saturated heterocycles. The van der Waals surface area contributed by atoms with Gasteiger partial charge >= 0.3 is 6.03 Å². The predicted octanol–water partition coefficient (Wildman–Crippen LogP) is 1.12. The highest BCUT2D eigenvalue weighted by atomic mass is 16.2. The Balaban J connectivity index is 1.52. The molecule has 0 aliphatic carbocycles. The second-order valence-electron chi connectivity index (χ2n) is 5.81. The molecule has 1 atom stereocenters. The van der Waals surface area contributed by atoms with Crippen molar-refractivity contribution in [1.82, 2.24) is 24.6 Å². The average Bonchev–Trinajstić information content (AvgIpc) is 3.17. The summed E-state index contributed by atoms with van der Waals surface area (Å²) in [5, 5.41) is 7.03. The molecule has 1 unspecified atom stereocenters. The monoisotopic (exact) mass is 324 g/mol. The molecule has 0 aromatic carbocycles. The molecule has 4 rings (SSSR count). The Morgan fingerprint density at radius 1 is 1.33 bits per heavy atom. The highest BCUT2D eigenvalue weighted by Gasteiger charge is 2.37. The number of hydrogen-bond acceptors (Lipinski definition) is 4. The second-order valence-corrected chi connectivity index (χ2v) is 5.81. The Morgan fingerprint density at radius 2 is 2.21 bits per heavy atom. The second kappa shape index (κ2) is 5.48. The van der Waals surface area contributed by atoms with Crippen molar-refractivity contribution in [2.45, 2.75) is 6.04 Å². The summed E-state index contributed by atoms with van der Waals surface area (Å²) in [5.41, 5.74) is 1.19. The largest absolute Gasteiger partial charge is 0.320 e. The minimum absolute atomic E-state index is 0.0199. The van der Waals surface area contributed by atoms with E-state index in [1.165, 1.54) is 0 Å². The molecule has 122 valence electrons. The summed E-state index contributed by atoms with van der Waals surface area (Å²) in [6.45, 7) is 1.19.